The van der Waals surface area contributed by atoms with Gasteiger partial charge in [0.15, 0.2) is 0 Å². The zero-order chi connectivity index (χ0) is 10.7. The van der Waals surface area contributed by atoms with Gasteiger partial charge in [0.1, 0.15) is 5.54 Å². The van der Waals surface area contributed by atoms with Gasteiger partial charge < -0.3 is 10.6 Å². The number of likely N-dealkylation sites (N-methyl/N-ethyl adjacent to an activating group) is 1. The zero-order valence-corrected chi connectivity index (χ0v) is 9.51. The first-order valence-corrected chi connectivity index (χ1v) is 5.97. The number of carbonyl (C=O) groups is 1. The molecule has 15 heavy (non-hydrogen) atoms. The molecule has 0 bridgehead atoms. The summed E-state index contributed by atoms with van der Waals surface area (Å²) >= 11 is 0. The summed E-state index contributed by atoms with van der Waals surface area (Å²) in [5.74, 6) is 0.189. The normalized spacial score (nSPS) is 32.9. The lowest BCUT2D eigenvalue weighted by Crippen LogP contribution is -2.60. The fourth-order valence-electron chi connectivity index (χ4n) is 2.84. The van der Waals surface area contributed by atoms with Crippen LogP contribution < -0.4 is 10.6 Å². The molecule has 2 aliphatic rings. The van der Waals surface area contributed by atoms with E-state index in [1.165, 1.54) is 19.3 Å². The molecule has 2 saturated heterocycles. The lowest BCUT2D eigenvalue weighted by molar-refractivity contribution is -0.132. The van der Waals surface area contributed by atoms with Crippen LogP contribution in [0.1, 0.15) is 25.7 Å². The van der Waals surface area contributed by atoms with E-state index in [0.29, 0.717) is 0 Å². The fraction of sp³-hybridized carbons (Fsp3) is 0.909. The van der Waals surface area contributed by atoms with Crippen LogP contribution in [-0.4, -0.2) is 49.6 Å². The van der Waals surface area contributed by atoms with Gasteiger partial charge in [-0.05, 0) is 38.9 Å². The van der Waals surface area contributed by atoms with Crippen LogP contribution >= 0.6 is 0 Å². The Morgan fingerprint density at radius 1 is 1.33 bits per heavy atom. The second-order valence-electron chi connectivity index (χ2n) is 4.59. The van der Waals surface area contributed by atoms with Crippen molar-refractivity contribution in [3.63, 3.8) is 0 Å². The molecular formula is C11H21N3O. The van der Waals surface area contributed by atoms with Gasteiger partial charge in [-0.3, -0.25) is 9.69 Å². The predicted molar refractivity (Wildman–Crippen MR) is 59.7 cm³/mol. The summed E-state index contributed by atoms with van der Waals surface area (Å²) in [5, 5.41) is 6.15. The van der Waals surface area contributed by atoms with E-state index >= 15 is 0 Å². The minimum absolute atomic E-state index is 0.189. The molecular weight excluding hydrogens is 190 g/mol. The van der Waals surface area contributed by atoms with Gasteiger partial charge in [-0.25, -0.2) is 0 Å². The van der Waals surface area contributed by atoms with Crippen molar-refractivity contribution in [2.45, 2.75) is 31.2 Å². The molecule has 1 amide bonds. The van der Waals surface area contributed by atoms with E-state index in [1.54, 1.807) is 7.05 Å². The van der Waals surface area contributed by atoms with Gasteiger partial charge in [0.05, 0.1) is 0 Å². The van der Waals surface area contributed by atoms with Crippen molar-refractivity contribution in [1.82, 2.24) is 15.5 Å². The van der Waals surface area contributed by atoms with Crippen LogP contribution in [0, 0.1) is 0 Å². The summed E-state index contributed by atoms with van der Waals surface area (Å²) in [6.45, 7) is 3.93. The van der Waals surface area contributed by atoms with Gasteiger partial charge in [0.2, 0.25) is 5.91 Å². The summed E-state index contributed by atoms with van der Waals surface area (Å²) in [4.78, 5) is 14.4. The van der Waals surface area contributed by atoms with E-state index in [9.17, 15) is 4.79 Å². The minimum atomic E-state index is -0.255. The fourth-order valence-corrected chi connectivity index (χ4v) is 2.84. The third-order valence-corrected chi connectivity index (χ3v) is 3.74. The van der Waals surface area contributed by atoms with Crippen molar-refractivity contribution in [3.8, 4) is 0 Å². The number of amides is 1. The Morgan fingerprint density at radius 3 is 2.60 bits per heavy atom. The van der Waals surface area contributed by atoms with E-state index in [1.807, 2.05) is 0 Å². The third kappa shape index (κ3) is 1.88. The first-order chi connectivity index (χ1) is 7.29. The number of piperidine rings is 1. The Labute approximate surface area is 91.4 Å². The molecule has 0 radical (unpaired) electrons. The van der Waals surface area contributed by atoms with Gasteiger partial charge in [-0.15, -0.1) is 0 Å². The first kappa shape index (κ1) is 10.9. The van der Waals surface area contributed by atoms with Gasteiger partial charge in [-0.2, -0.15) is 0 Å². The van der Waals surface area contributed by atoms with Crippen LogP contribution in [0.5, 0.6) is 0 Å². The topological polar surface area (TPSA) is 44.4 Å². The molecule has 2 rings (SSSR count). The number of hydrogen-bond donors (Lipinski definition) is 2. The largest absolute Gasteiger partial charge is 0.358 e. The average molecular weight is 211 g/mol. The first-order valence-electron chi connectivity index (χ1n) is 5.97. The number of carbonyl (C=O) groups excluding carboxylic acids is 1. The van der Waals surface area contributed by atoms with Crippen molar-refractivity contribution >= 4 is 5.91 Å². The summed E-state index contributed by atoms with van der Waals surface area (Å²) in [7, 11) is 1.74. The SMILES string of the molecule is CNC(=O)C1(N2CCCCC2)CCNC1. The van der Waals surface area contributed by atoms with Gasteiger partial charge in [0, 0.05) is 13.6 Å². The highest BCUT2D eigenvalue weighted by molar-refractivity contribution is 5.86. The number of rotatable bonds is 2. The Hall–Kier alpha value is -0.610. The average Bonchev–Trinajstić information content (AvgIpc) is 2.79. The highest BCUT2D eigenvalue weighted by Gasteiger charge is 2.45. The molecule has 86 valence electrons. The smallest absolute Gasteiger partial charge is 0.241 e. The maximum absolute atomic E-state index is 12.0. The van der Waals surface area contributed by atoms with Crippen LogP contribution in [0.3, 0.4) is 0 Å². The van der Waals surface area contributed by atoms with E-state index in [4.69, 9.17) is 0 Å². The lowest BCUT2D eigenvalue weighted by Gasteiger charge is -2.41. The molecule has 2 fully saturated rings. The molecule has 0 aliphatic carbocycles. The lowest BCUT2D eigenvalue weighted by atomic mass is 9.92. The highest BCUT2D eigenvalue weighted by atomic mass is 16.2. The zero-order valence-electron chi connectivity index (χ0n) is 9.51. The Bertz CT molecular complexity index is 230. The van der Waals surface area contributed by atoms with Crippen LogP contribution in [0.25, 0.3) is 0 Å². The van der Waals surface area contributed by atoms with Crippen molar-refractivity contribution in [2.75, 3.05) is 33.2 Å². The summed E-state index contributed by atoms with van der Waals surface area (Å²) in [5.41, 5.74) is -0.255. The Morgan fingerprint density at radius 2 is 2.07 bits per heavy atom. The maximum Gasteiger partial charge on any atom is 0.241 e. The number of hydrogen-bond acceptors (Lipinski definition) is 3. The summed E-state index contributed by atoms with van der Waals surface area (Å²) in [6, 6.07) is 0. The van der Waals surface area contributed by atoms with E-state index < -0.39 is 0 Å². The van der Waals surface area contributed by atoms with E-state index in [2.05, 4.69) is 15.5 Å². The molecule has 0 aromatic heterocycles. The molecule has 2 aliphatic heterocycles. The van der Waals surface area contributed by atoms with Crippen molar-refractivity contribution in [2.24, 2.45) is 0 Å². The Kier molecular flexibility index (Phi) is 3.26. The highest BCUT2D eigenvalue weighted by Crippen LogP contribution is 2.27. The molecule has 2 heterocycles. The van der Waals surface area contributed by atoms with E-state index in [0.717, 1.165) is 32.6 Å². The molecule has 2 N–H and O–H groups in total. The number of likely N-dealkylation sites (tertiary alicyclic amines) is 1. The van der Waals surface area contributed by atoms with Crippen molar-refractivity contribution < 1.29 is 4.79 Å². The second kappa shape index (κ2) is 4.49. The summed E-state index contributed by atoms with van der Waals surface area (Å²) in [6.07, 6.45) is 4.73. The van der Waals surface area contributed by atoms with E-state index in [-0.39, 0.29) is 11.4 Å². The maximum atomic E-state index is 12.0. The molecule has 0 aromatic rings. The van der Waals surface area contributed by atoms with Gasteiger partial charge >= 0.3 is 0 Å². The molecule has 4 heteroatoms. The summed E-state index contributed by atoms with van der Waals surface area (Å²) < 4.78 is 0. The number of nitrogens with zero attached hydrogens (tertiary/aromatic N) is 1. The molecule has 0 saturated carbocycles. The Balaban J connectivity index is 2.13. The third-order valence-electron chi connectivity index (χ3n) is 3.74. The van der Waals surface area contributed by atoms with Crippen LogP contribution in [0.15, 0.2) is 0 Å². The molecule has 0 spiro atoms. The molecule has 4 nitrogen and oxygen atoms in total. The van der Waals surface area contributed by atoms with Crippen LogP contribution in [0.4, 0.5) is 0 Å². The molecule has 1 atom stereocenters. The van der Waals surface area contributed by atoms with Crippen LogP contribution in [0.2, 0.25) is 0 Å². The predicted octanol–water partition coefficient (Wildman–Crippen LogP) is -0.0496. The quantitative estimate of drug-likeness (QED) is 0.673. The second-order valence-corrected chi connectivity index (χ2v) is 4.59. The monoisotopic (exact) mass is 211 g/mol. The van der Waals surface area contributed by atoms with Gasteiger partial charge in [0.25, 0.3) is 0 Å². The van der Waals surface area contributed by atoms with Gasteiger partial charge in [-0.1, -0.05) is 6.42 Å². The minimum Gasteiger partial charge on any atom is -0.358 e. The van der Waals surface area contributed by atoms with Crippen molar-refractivity contribution in [1.29, 1.82) is 0 Å². The standard InChI is InChI=1S/C11H21N3O/c1-12-10(15)11(5-6-13-9-11)14-7-3-2-4-8-14/h13H,2-9H2,1H3,(H,12,15). The van der Waals surface area contributed by atoms with Crippen molar-refractivity contribution in [3.05, 3.63) is 0 Å². The van der Waals surface area contributed by atoms with Crippen LogP contribution in [-0.2, 0) is 4.79 Å². The molecule has 1 unspecified atom stereocenters. The molecule has 0 aromatic carbocycles. The number of nitrogens with one attached hydrogen (secondary N) is 2.